The van der Waals surface area contributed by atoms with Gasteiger partial charge in [-0.15, -0.1) is 0 Å². The molecule has 94 valence electrons. The second-order valence-corrected chi connectivity index (χ2v) is 3.99. The van der Waals surface area contributed by atoms with Gasteiger partial charge >= 0.3 is 11.2 Å². The minimum absolute atomic E-state index is 0.321. The van der Waals surface area contributed by atoms with E-state index in [1.807, 2.05) is 0 Å². The maximum Gasteiger partial charge on any atom is 0.386 e. The highest BCUT2D eigenvalue weighted by atomic mass is 16.2. The van der Waals surface area contributed by atoms with Gasteiger partial charge in [-0.25, -0.2) is 18.9 Å². The number of nitrogens with one attached hydrogen (secondary N) is 1. The van der Waals surface area contributed by atoms with E-state index in [1.165, 1.54) is 7.05 Å². The van der Waals surface area contributed by atoms with E-state index in [4.69, 9.17) is 0 Å². The summed E-state index contributed by atoms with van der Waals surface area (Å²) in [5, 5.41) is 0. The standard InChI is InChI=1S/C12H14N4O2/c1-4-6-15-8-16(7-5-2)10-9(15)11(17)14(3)12(18)13-10/h4-5,8H,1-2,6-7H2,3H3/p+1. The van der Waals surface area contributed by atoms with Crippen LogP contribution in [0.1, 0.15) is 0 Å². The maximum atomic E-state index is 12.1. The van der Waals surface area contributed by atoms with Gasteiger partial charge in [0.25, 0.3) is 5.65 Å². The summed E-state index contributed by atoms with van der Waals surface area (Å²) >= 11 is 0. The van der Waals surface area contributed by atoms with E-state index >= 15 is 0 Å². The first kappa shape index (κ1) is 12.1. The Labute approximate surface area is 103 Å². The number of allylic oxidation sites excluding steroid dienone is 2. The summed E-state index contributed by atoms with van der Waals surface area (Å²) in [4.78, 5) is 26.4. The van der Waals surface area contributed by atoms with E-state index in [2.05, 4.69) is 18.1 Å². The lowest BCUT2D eigenvalue weighted by Crippen LogP contribution is -2.38. The van der Waals surface area contributed by atoms with Crippen molar-refractivity contribution in [3.8, 4) is 0 Å². The molecule has 0 aliphatic carbocycles. The molecule has 6 nitrogen and oxygen atoms in total. The maximum absolute atomic E-state index is 12.1. The lowest BCUT2D eigenvalue weighted by atomic mass is 10.5. The third kappa shape index (κ3) is 1.71. The molecule has 2 heterocycles. The van der Waals surface area contributed by atoms with Crippen LogP contribution in [-0.4, -0.2) is 14.1 Å². The van der Waals surface area contributed by atoms with Crippen molar-refractivity contribution in [1.82, 2.24) is 14.1 Å². The fourth-order valence-corrected chi connectivity index (χ4v) is 1.90. The molecule has 0 fully saturated rings. The topological polar surface area (TPSA) is 63.7 Å². The second-order valence-electron chi connectivity index (χ2n) is 3.99. The minimum atomic E-state index is -0.429. The molecule has 2 aromatic heterocycles. The second kappa shape index (κ2) is 4.48. The summed E-state index contributed by atoms with van der Waals surface area (Å²) in [5.74, 6) is 0. The number of hydrogen-bond donors (Lipinski definition) is 1. The van der Waals surface area contributed by atoms with Gasteiger partial charge in [-0.2, -0.15) is 0 Å². The van der Waals surface area contributed by atoms with Gasteiger partial charge in [0.05, 0.1) is 13.1 Å². The lowest BCUT2D eigenvalue weighted by Gasteiger charge is -1.95. The number of nitrogens with zero attached hydrogens (tertiary/aromatic N) is 3. The summed E-state index contributed by atoms with van der Waals surface area (Å²) in [5.41, 5.74) is 0.212. The highest BCUT2D eigenvalue weighted by Crippen LogP contribution is 2.01. The molecule has 1 N–H and O–H groups in total. The monoisotopic (exact) mass is 247 g/mol. The third-order valence-corrected chi connectivity index (χ3v) is 2.77. The molecule has 0 amide bonds. The Kier molecular flexibility index (Phi) is 3.01. The van der Waals surface area contributed by atoms with Gasteiger partial charge in [0.15, 0.2) is 6.33 Å². The van der Waals surface area contributed by atoms with Gasteiger partial charge in [0.1, 0.15) is 0 Å². The van der Waals surface area contributed by atoms with Crippen molar-refractivity contribution in [3.05, 3.63) is 52.5 Å². The van der Waals surface area contributed by atoms with Crippen LogP contribution in [0, 0.1) is 0 Å². The van der Waals surface area contributed by atoms with Crippen molar-refractivity contribution in [2.45, 2.75) is 13.1 Å². The smallest absolute Gasteiger partial charge is 0.265 e. The van der Waals surface area contributed by atoms with Crippen LogP contribution in [0.3, 0.4) is 0 Å². The van der Waals surface area contributed by atoms with Crippen LogP contribution in [0.15, 0.2) is 41.2 Å². The first-order valence-corrected chi connectivity index (χ1v) is 5.53. The number of aromatic amines is 1. The molecular weight excluding hydrogens is 232 g/mol. The predicted molar refractivity (Wildman–Crippen MR) is 68.4 cm³/mol. The van der Waals surface area contributed by atoms with Gasteiger partial charge in [-0.05, 0) is 0 Å². The Bertz CT molecular complexity index is 733. The van der Waals surface area contributed by atoms with Crippen molar-refractivity contribution in [1.29, 1.82) is 0 Å². The van der Waals surface area contributed by atoms with E-state index in [0.717, 1.165) is 4.57 Å². The van der Waals surface area contributed by atoms with Gasteiger partial charge in [-0.3, -0.25) is 9.36 Å². The molecule has 0 aromatic carbocycles. The van der Waals surface area contributed by atoms with Crippen LogP contribution in [0.5, 0.6) is 0 Å². The summed E-state index contributed by atoms with van der Waals surface area (Å²) < 4.78 is 4.58. The first-order valence-electron chi connectivity index (χ1n) is 5.53. The summed E-state index contributed by atoms with van der Waals surface area (Å²) in [6, 6.07) is 0. The number of imidazole rings is 1. The zero-order chi connectivity index (χ0) is 13.3. The number of rotatable bonds is 4. The molecule has 0 spiro atoms. The Hall–Kier alpha value is -2.37. The van der Waals surface area contributed by atoms with Crippen LogP contribution in [0.2, 0.25) is 0 Å². The average molecular weight is 247 g/mol. The van der Waals surface area contributed by atoms with E-state index < -0.39 is 5.69 Å². The van der Waals surface area contributed by atoms with Crippen molar-refractivity contribution < 1.29 is 4.57 Å². The number of fused-ring (bicyclic) bond motifs is 1. The lowest BCUT2D eigenvalue weighted by molar-refractivity contribution is -0.663. The SMILES string of the molecule is C=CCn1c[n+](CC=C)c2[nH]c(=O)n(C)c(=O)c21. The van der Waals surface area contributed by atoms with Crippen LogP contribution in [-0.2, 0) is 20.1 Å². The Balaban J connectivity index is 2.91. The fraction of sp³-hybridized carbons (Fsp3) is 0.250. The molecule has 6 heteroatoms. The van der Waals surface area contributed by atoms with Gasteiger partial charge in [0, 0.05) is 7.05 Å². The number of H-pyrrole nitrogens is 1. The molecule has 2 rings (SSSR count). The molecule has 0 aliphatic heterocycles. The molecule has 0 aliphatic rings. The molecule has 0 unspecified atom stereocenters. The summed E-state index contributed by atoms with van der Waals surface area (Å²) in [6.45, 7) is 8.33. The fourth-order valence-electron chi connectivity index (χ4n) is 1.90. The zero-order valence-corrected chi connectivity index (χ0v) is 10.2. The number of hydrogen-bond acceptors (Lipinski definition) is 2. The highest BCUT2D eigenvalue weighted by molar-refractivity contribution is 5.65. The normalized spacial score (nSPS) is 10.7. The predicted octanol–water partition coefficient (Wildman–Crippen LogP) is -0.312. The van der Waals surface area contributed by atoms with Gasteiger partial charge in [-0.1, -0.05) is 25.3 Å². The van der Waals surface area contributed by atoms with E-state index in [9.17, 15) is 9.59 Å². The molecule has 0 atom stereocenters. The van der Waals surface area contributed by atoms with Crippen molar-refractivity contribution in [2.24, 2.45) is 7.05 Å². The van der Waals surface area contributed by atoms with Crippen LogP contribution in [0.4, 0.5) is 0 Å². The average Bonchev–Trinajstić information content (AvgIpc) is 2.66. The summed E-state index contributed by atoms with van der Waals surface area (Å²) in [7, 11) is 1.45. The molecule has 0 saturated carbocycles. The minimum Gasteiger partial charge on any atom is -0.265 e. The zero-order valence-electron chi connectivity index (χ0n) is 10.2. The largest absolute Gasteiger partial charge is 0.386 e. The molecule has 18 heavy (non-hydrogen) atoms. The molecule has 0 radical (unpaired) electrons. The van der Waals surface area contributed by atoms with Crippen LogP contribution >= 0.6 is 0 Å². The number of aromatic nitrogens is 4. The molecule has 0 bridgehead atoms. The van der Waals surface area contributed by atoms with E-state index in [1.54, 1.807) is 27.6 Å². The molecular formula is C12H15N4O2+. The van der Waals surface area contributed by atoms with Gasteiger partial charge < -0.3 is 0 Å². The third-order valence-electron chi connectivity index (χ3n) is 2.77. The van der Waals surface area contributed by atoms with Gasteiger partial charge in [0.2, 0.25) is 5.52 Å². The van der Waals surface area contributed by atoms with Crippen molar-refractivity contribution in [2.75, 3.05) is 0 Å². The van der Waals surface area contributed by atoms with Crippen LogP contribution in [0.25, 0.3) is 11.2 Å². The summed E-state index contributed by atoms with van der Waals surface area (Å²) in [6.07, 6.45) is 5.17. The Morgan fingerprint density at radius 1 is 1.39 bits per heavy atom. The highest BCUT2D eigenvalue weighted by Gasteiger charge is 2.19. The molecule has 2 aromatic rings. The van der Waals surface area contributed by atoms with Crippen LogP contribution < -0.4 is 15.8 Å². The van der Waals surface area contributed by atoms with Crippen molar-refractivity contribution in [3.63, 3.8) is 0 Å². The Morgan fingerprint density at radius 3 is 2.72 bits per heavy atom. The first-order chi connectivity index (χ1) is 8.60. The van der Waals surface area contributed by atoms with E-state index in [0.29, 0.717) is 24.3 Å². The quantitative estimate of drug-likeness (QED) is 0.595. The Morgan fingerprint density at radius 2 is 2.11 bits per heavy atom. The molecule has 0 saturated heterocycles. The van der Waals surface area contributed by atoms with E-state index in [-0.39, 0.29) is 5.56 Å². The van der Waals surface area contributed by atoms with Crippen molar-refractivity contribution >= 4 is 11.2 Å².